The zero-order valence-electron chi connectivity index (χ0n) is 8.40. The zero-order valence-corrected chi connectivity index (χ0v) is 9.22. The van der Waals surface area contributed by atoms with E-state index in [1.54, 1.807) is 6.20 Å². The highest BCUT2D eigenvalue weighted by atomic mass is 32.2. The second-order valence-corrected chi connectivity index (χ2v) is 4.69. The van der Waals surface area contributed by atoms with Crippen molar-refractivity contribution in [2.75, 3.05) is 6.26 Å². The third kappa shape index (κ3) is 4.05. The van der Waals surface area contributed by atoms with E-state index in [-0.39, 0.29) is 0 Å². The molecule has 0 aromatic heterocycles. The van der Waals surface area contributed by atoms with E-state index in [4.69, 9.17) is 5.11 Å². The minimum absolute atomic E-state index is 0.467. The van der Waals surface area contributed by atoms with Crippen LogP contribution in [-0.4, -0.2) is 28.6 Å². The summed E-state index contributed by atoms with van der Waals surface area (Å²) in [5.41, 5.74) is 0. The second-order valence-electron chi connectivity index (χ2n) is 3.55. The molecule has 1 aliphatic carbocycles. The molecule has 0 radical (unpaired) electrons. The summed E-state index contributed by atoms with van der Waals surface area (Å²) in [5.74, 6) is -0.893. The van der Waals surface area contributed by atoms with Gasteiger partial charge >= 0.3 is 5.97 Å². The van der Waals surface area contributed by atoms with Crippen molar-refractivity contribution in [1.82, 2.24) is 5.32 Å². The molecule has 0 aromatic rings. The largest absolute Gasteiger partial charge is 0.478 e. The van der Waals surface area contributed by atoms with E-state index in [0.29, 0.717) is 6.04 Å². The van der Waals surface area contributed by atoms with Crippen molar-refractivity contribution in [3.8, 4) is 0 Å². The lowest BCUT2D eigenvalue weighted by Crippen LogP contribution is -2.30. The van der Waals surface area contributed by atoms with Gasteiger partial charge in [-0.15, -0.1) is 0 Å². The Morgan fingerprint density at radius 3 is 2.57 bits per heavy atom. The Hall–Kier alpha value is -0.640. The third-order valence-electron chi connectivity index (χ3n) is 2.57. The van der Waals surface area contributed by atoms with Crippen LogP contribution < -0.4 is 5.32 Å². The monoisotopic (exact) mass is 215 g/mol. The fourth-order valence-electron chi connectivity index (χ4n) is 1.72. The number of hydrogen-bond donors (Lipinski definition) is 2. The van der Waals surface area contributed by atoms with Crippen LogP contribution in [0.3, 0.4) is 0 Å². The summed E-state index contributed by atoms with van der Waals surface area (Å²) in [7, 11) is 0. The van der Waals surface area contributed by atoms with Crippen LogP contribution in [0.5, 0.6) is 0 Å². The lowest BCUT2D eigenvalue weighted by molar-refractivity contribution is -0.131. The number of rotatable bonds is 4. The summed E-state index contributed by atoms with van der Waals surface area (Å²) in [6.45, 7) is 0. The predicted molar refractivity (Wildman–Crippen MR) is 59.5 cm³/mol. The van der Waals surface area contributed by atoms with E-state index in [1.807, 2.05) is 11.8 Å². The van der Waals surface area contributed by atoms with E-state index in [0.717, 1.165) is 24.2 Å². The first-order valence-corrected chi connectivity index (χ1v) is 6.19. The Bertz CT molecular complexity index is 210. The Morgan fingerprint density at radius 1 is 1.43 bits per heavy atom. The van der Waals surface area contributed by atoms with Gasteiger partial charge in [0.2, 0.25) is 0 Å². The van der Waals surface area contributed by atoms with Crippen LogP contribution in [0.4, 0.5) is 0 Å². The van der Waals surface area contributed by atoms with Gasteiger partial charge in [0, 0.05) is 23.6 Å². The lowest BCUT2D eigenvalue weighted by atomic mass is 9.95. The Morgan fingerprint density at radius 2 is 2.07 bits per heavy atom. The van der Waals surface area contributed by atoms with E-state index in [9.17, 15) is 4.79 Å². The molecule has 0 saturated heterocycles. The molecule has 1 saturated carbocycles. The van der Waals surface area contributed by atoms with Gasteiger partial charge in [0.25, 0.3) is 0 Å². The number of hydrogen-bond acceptors (Lipinski definition) is 3. The lowest BCUT2D eigenvalue weighted by Gasteiger charge is -2.27. The number of aliphatic carboxylic acids is 1. The molecule has 1 aliphatic rings. The van der Waals surface area contributed by atoms with Crippen LogP contribution >= 0.6 is 11.8 Å². The molecule has 80 valence electrons. The molecule has 0 bridgehead atoms. The van der Waals surface area contributed by atoms with Crippen molar-refractivity contribution >= 4 is 17.7 Å². The number of carboxylic acids is 1. The summed E-state index contributed by atoms with van der Waals surface area (Å²) in [6, 6.07) is 0.467. The van der Waals surface area contributed by atoms with Crippen LogP contribution in [0.25, 0.3) is 0 Å². The van der Waals surface area contributed by atoms with E-state index < -0.39 is 5.97 Å². The standard InChI is InChI=1S/C10H17NO2S/c1-14-9-4-2-8(3-5-9)11-7-6-10(12)13/h6-9,11H,2-5H2,1H3,(H,12,13)/b7-6+. The molecule has 0 aromatic carbocycles. The smallest absolute Gasteiger partial charge is 0.329 e. The molecule has 14 heavy (non-hydrogen) atoms. The number of carbonyl (C=O) groups is 1. The van der Waals surface area contributed by atoms with Crippen LogP contribution in [0, 0.1) is 0 Å². The van der Waals surface area contributed by atoms with Crippen LogP contribution in [-0.2, 0) is 4.79 Å². The molecule has 4 heteroatoms. The fraction of sp³-hybridized carbons (Fsp3) is 0.700. The maximum Gasteiger partial charge on any atom is 0.329 e. The van der Waals surface area contributed by atoms with Gasteiger partial charge in [-0.1, -0.05) is 0 Å². The van der Waals surface area contributed by atoms with Crippen molar-refractivity contribution in [3.05, 3.63) is 12.3 Å². The van der Waals surface area contributed by atoms with Gasteiger partial charge in [-0.25, -0.2) is 4.79 Å². The number of nitrogens with one attached hydrogen (secondary N) is 1. The summed E-state index contributed by atoms with van der Waals surface area (Å²) < 4.78 is 0. The van der Waals surface area contributed by atoms with Crippen molar-refractivity contribution in [2.45, 2.75) is 37.0 Å². The van der Waals surface area contributed by atoms with Crippen molar-refractivity contribution in [3.63, 3.8) is 0 Å². The maximum absolute atomic E-state index is 10.2. The minimum Gasteiger partial charge on any atom is -0.478 e. The van der Waals surface area contributed by atoms with E-state index >= 15 is 0 Å². The SMILES string of the molecule is CSC1CCC(N/C=C/C(=O)O)CC1. The van der Waals surface area contributed by atoms with Crippen LogP contribution in [0.15, 0.2) is 12.3 Å². The molecule has 0 heterocycles. The summed E-state index contributed by atoms with van der Waals surface area (Å²) in [4.78, 5) is 10.2. The molecule has 1 rings (SSSR count). The van der Waals surface area contributed by atoms with E-state index in [1.165, 1.54) is 12.8 Å². The average molecular weight is 215 g/mol. The number of carboxylic acid groups (broad SMARTS) is 1. The molecule has 2 N–H and O–H groups in total. The Kier molecular flexibility index (Phi) is 4.87. The quantitative estimate of drug-likeness (QED) is 0.703. The van der Waals surface area contributed by atoms with Crippen molar-refractivity contribution < 1.29 is 9.90 Å². The zero-order chi connectivity index (χ0) is 10.4. The van der Waals surface area contributed by atoms with Gasteiger partial charge in [0.15, 0.2) is 0 Å². The predicted octanol–water partition coefficient (Wildman–Crippen LogP) is 1.85. The first-order valence-electron chi connectivity index (χ1n) is 4.90. The van der Waals surface area contributed by atoms with Gasteiger partial charge in [0.1, 0.15) is 0 Å². The highest BCUT2D eigenvalue weighted by molar-refractivity contribution is 7.99. The second kappa shape index (κ2) is 5.96. The molecule has 0 spiro atoms. The average Bonchev–Trinajstić information content (AvgIpc) is 2.18. The molecule has 1 fully saturated rings. The maximum atomic E-state index is 10.2. The van der Waals surface area contributed by atoms with Crippen molar-refractivity contribution in [1.29, 1.82) is 0 Å². The summed E-state index contributed by atoms with van der Waals surface area (Å²) >= 11 is 1.94. The molecule has 0 atom stereocenters. The van der Waals surface area contributed by atoms with Crippen molar-refractivity contribution in [2.24, 2.45) is 0 Å². The van der Waals surface area contributed by atoms with Crippen LogP contribution in [0.1, 0.15) is 25.7 Å². The Balaban J connectivity index is 2.19. The van der Waals surface area contributed by atoms with Gasteiger partial charge in [-0.2, -0.15) is 11.8 Å². The Labute approximate surface area is 89.0 Å². The first kappa shape index (κ1) is 11.4. The third-order valence-corrected chi connectivity index (χ3v) is 3.70. The molecule has 3 nitrogen and oxygen atoms in total. The molecule has 0 unspecified atom stereocenters. The van der Waals surface area contributed by atoms with Gasteiger partial charge in [-0.05, 0) is 31.9 Å². The first-order chi connectivity index (χ1) is 6.72. The van der Waals surface area contributed by atoms with E-state index in [2.05, 4.69) is 11.6 Å². The normalized spacial score (nSPS) is 27.8. The molecule has 0 amide bonds. The highest BCUT2D eigenvalue weighted by Crippen LogP contribution is 2.26. The van der Waals surface area contributed by atoms with Gasteiger partial charge < -0.3 is 10.4 Å². The molecular weight excluding hydrogens is 198 g/mol. The summed E-state index contributed by atoms with van der Waals surface area (Å²) in [6.07, 6.45) is 9.63. The molecule has 0 aliphatic heterocycles. The highest BCUT2D eigenvalue weighted by Gasteiger charge is 2.18. The number of thioether (sulfide) groups is 1. The van der Waals surface area contributed by atoms with Gasteiger partial charge in [0.05, 0.1) is 0 Å². The van der Waals surface area contributed by atoms with Gasteiger partial charge in [-0.3, -0.25) is 0 Å². The molecular formula is C10H17NO2S. The van der Waals surface area contributed by atoms with Crippen LogP contribution in [0.2, 0.25) is 0 Å². The fourth-order valence-corrected chi connectivity index (χ4v) is 2.46. The summed E-state index contributed by atoms with van der Waals surface area (Å²) in [5, 5.41) is 12.3. The topological polar surface area (TPSA) is 49.3 Å². The minimum atomic E-state index is -0.893.